The van der Waals surface area contributed by atoms with E-state index in [0.717, 1.165) is 22.8 Å². The smallest absolute Gasteiger partial charge is 0.231 e. The largest absolute Gasteiger partial charge is 0.374 e. The van der Waals surface area contributed by atoms with E-state index in [1.165, 1.54) is 0 Å². The minimum Gasteiger partial charge on any atom is -0.374 e. The summed E-state index contributed by atoms with van der Waals surface area (Å²) in [7, 11) is 0. The average Bonchev–Trinajstić information content (AvgIpc) is 2.94. The van der Waals surface area contributed by atoms with E-state index in [1.54, 1.807) is 6.20 Å². The molecule has 90 valence electrons. The molecule has 1 aromatic heterocycles. The topological polar surface area (TPSA) is 51.2 Å². The van der Waals surface area contributed by atoms with Crippen molar-refractivity contribution in [3.8, 4) is 0 Å². The third-order valence-corrected chi connectivity index (χ3v) is 4.06. The monoisotopic (exact) mass is 344 g/mol. The van der Waals surface area contributed by atoms with Crippen molar-refractivity contribution < 1.29 is 9.53 Å². The van der Waals surface area contributed by atoms with E-state index in [4.69, 9.17) is 4.74 Å². The van der Waals surface area contributed by atoms with Crippen LogP contribution in [0.15, 0.2) is 18.3 Å². The fourth-order valence-electron chi connectivity index (χ4n) is 2.58. The van der Waals surface area contributed by atoms with Gasteiger partial charge in [0.25, 0.3) is 0 Å². The molecule has 1 aromatic rings. The summed E-state index contributed by atoms with van der Waals surface area (Å²) >= 11 is 2.19. The lowest BCUT2D eigenvalue weighted by atomic mass is 9.88. The van der Waals surface area contributed by atoms with Crippen LogP contribution in [-0.4, -0.2) is 23.1 Å². The maximum Gasteiger partial charge on any atom is 0.231 e. The van der Waals surface area contributed by atoms with Crippen molar-refractivity contribution in [2.24, 2.45) is 5.92 Å². The summed E-state index contributed by atoms with van der Waals surface area (Å²) in [6.45, 7) is 0. The summed E-state index contributed by atoms with van der Waals surface area (Å²) in [5.74, 6) is 0.680. The van der Waals surface area contributed by atoms with Crippen LogP contribution in [0.25, 0.3) is 0 Å². The molecule has 2 aliphatic rings. The number of ether oxygens (including phenoxy) is 1. The third-order valence-electron chi connectivity index (χ3n) is 3.42. The van der Waals surface area contributed by atoms with Gasteiger partial charge in [-0.3, -0.25) is 4.79 Å². The summed E-state index contributed by atoms with van der Waals surface area (Å²) in [5.41, 5.74) is 0. The second-order valence-corrected chi connectivity index (χ2v) is 5.81. The third kappa shape index (κ3) is 2.30. The highest BCUT2D eigenvalue weighted by Crippen LogP contribution is 2.39. The molecule has 2 aliphatic heterocycles. The van der Waals surface area contributed by atoms with Crippen molar-refractivity contribution in [3.63, 3.8) is 0 Å². The van der Waals surface area contributed by atoms with Crippen LogP contribution in [0.4, 0.5) is 5.82 Å². The van der Waals surface area contributed by atoms with Gasteiger partial charge in [0, 0.05) is 9.77 Å². The zero-order valence-corrected chi connectivity index (χ0v) is 11.4. The number of aromatic nitrogens is 1. The van der Waals surface area contributed by atoms with Gasteiger partial charge in [-0.15, -0.1) is 0 Å². The number of nitrogens with one attached hydrogen (secondary N) is 1. The standard InChI is InChI=1S/C12H13IN2O2/c13-7-1-4-11(14-6-7)15-12(16)9-5-8-2-3-10(9)17-8/h1,4,6,8-10H,2-3,5H2,(H,14,15,16)/t8-,9-,10-/m1/s1. The Morgan fingerprint density at radius 1 is 1.47 bits per heavy atom. The molecule has 0 radical (unpaired) electrons. The van der Waals surface area contributed by atoms with Crippen molar-refractivity contribution in [2.75, 3.05) is 5.32 Å². The Morgan fingerprint density at radius 3 is 2.94 bits per heavy atom. The number of carbonyl (C=O) groups excluding carboxylic acids is 1. The van der Waals surface area contributed by atoms with Crippen LogP contribution in [0, 0.1) is 9.49 Å². The second-order valence-electron chi connectivity index (χ2n) is 4.57. The molecule has 3 atom stereocenters. The molecule has 2 bridgehead atoms. The molecular weight excluding hydrogens is 331 g/mol. The Kier molecular flexibility index (Phi) is 3.04. The fourth-order valence-corrected chi connectivity index (χ4v) is 2.90. The predicted octanol–water partition coefficient (Wildman–Crippen LogP) is 2.19. The van der Waals surface area contributed by atoms with Crippen molar-refractivity contribution in [1.29, 1.82) is 0 Å². The van der Waals surface area contributed by atoms with Gasteiger partial charge in [0.05, 0.1) is 18.1 Å². The second kappa shape index (κ2) is 4.53. The first-order valence-electron chi connectivity index (χ1n) is 5.80. The lowest BCUT2D eigenvalue weighted by Crippen LogP contribution is -2.30. The van der Waals surface area contributed by atoms with Gasteiger partial charge in [0.15, 0.2) is 0 Å². The van der Waals surface area contributed by atoms with E-state index in [1.807, 2.05) is 12.1 Å². The normalized spacial score (nSPS) is 30.5. The number of nitrogens with zero attached hydrogens (tertiary/aromatic N) is 1. The van der Waals surface area contributed by atoms with Crippen LogP contribution in [0.1, 0.15) is 19.3 Å². The maximum atomic E-state index is 12.1. The zero-order valence-electron chi connectivity index (χ0n) is 9.23. The number of amides is 1. The van der Waals surface area contributed by atoms with Crippen LogP contribution in [0.5, 0.6) is 0 Å². The molecule has 0 aromatic carbocycles. The number of halogens is 1. The Hall–Kier alpha value is -0.690. The number of hydrogen-bond donors (Lipinski definition) is 1. The van der Waals surface area contributed by atoms with Gasteiger partial charge in [-0.25, -0.2) is 4.98 Å². The van der Waals surface area contributed by atoms with Crippen molar-refractivity contribution >= 4 is 34.3 Å². The lowest BCUT2D eigenvalue weighted by Gasteiger charge is -2.17. The molecule has 4 nitrogen and oxygen atoms in total. The van der Waals surface area contributed by atoms with Gasteiger partial charge in [-0.2, -0.15) is 0 Å². The molecule has 1 N–H and O–H groups in total. The molecule has 3 rings (SSSR count). The molecule has 0 aliphatic carbocycles. The van der Waals surface area contributed by atoms with Crippen LogP contribution >= 0.6 is 22.6 Å². The quantitative estimate of drug-likeness (QED) is 0.837. The van der Waals surface area contributed by atoms with Crippen molar-refractivity contribution in [3.05, 3.63) is 21.9 Å². The predicted molar refractivity (Wildman–Crippen MR) is 71.6 cm³/mol. The highest BCUT2D eigenvalue weighted by molar-refractivity contribution is 14.1. The number of rotatable bonds is 2. The van der Waals surface area contributed by atoms with Crippen LogP contribution in [0.2, 0.25) is 0 Å². The number of pyridine rings is 1. The van der Waals surface area contributed by atoms with Crippen molar-refractivity contribution in [1.82, 2.24) is 4.98 Å². The van der Waals surface area contributed by atoms with Gasteiger partial charge < -0.3 is 10.1 Å². The molecule has 0 unspecified atom stereocenters. The first-order chi connectivity index (χ1) is 8.22. The Morgan fingerprint density at radius 2 is 2.35 bits per heavy atom. The number of carbonyl (C=O) groups is 1. The molecule has 3 heterocycles. The molecule has 5 heteroatoms. The van der Waals surface area contributed by atoms with E-state index in [0.29, 0.717) is 11.9 Å². The summed E-state index contributed by atoms with van der Waals surface area (Å²) in [6, 6.07) is 3.76. The Balaban J connectivity index is 1.65. The highest BCUT2D eigenvalue weighted by Gasteiger charge is 2.44. The van der Waals surface area contributed by atoms with Gasteiger partial charge in [-0.1, -0.05) is 0 Å². The summed E-state index contributed by atoms with van der Waals surface area (Å²) in [6.07, 6.45) is 5.16. The van der Waals surface area contributed by atoms with E-state index >= 15 is 0 Å². The molecular formula is C12H13IN2O2. The average molecular weight is 344 g/mol. The van der Waals surface area contributed by atoms with E-state index < -0.39 is 0 Å². The van der Waals surface area contributed by atoms with Crippen LogP contribution in [0.3, 0.4) is 0 Å². The van der Waals surface area contributed by atoms with E-state index in [-0.39, 0.29) is 17.9 Å². The van der Waals surface area contributed by atoms with Crippen LogP contribution < -0.4 is 5.32 Å². The van der Waals surface area contributed by atoms with E-state index in [9.17, 15) is 4.79 Å². The number of hydrogen-bond acceptors (Lipinski definition) is 3. The lowest BCUT2D eigenvalue weighted by molar-refractivity contribution is -0.121. The van der Waals surface area contributed by atoms with Crippen LogP contribution in [-0.2, 0) is 9.53 Å². The van der Waals surface area contributed by atoms with Gasteiger partial charge in [0.2, 0.25) is 5.91 Å². The first kappa shape index (κ1) is 11.4. The number of anilines is 1. The SMILES string of the molecule is O=C(Nc1ccc(I)cn1)[C@@H]1C[C@H]2CC[C@H]1O2. The first-order valence-corrected chi connectivity index (χ1v) is 6.88. The molecule has 1 amide bonds. The summed E-state index contributed by atoms with van der Waals surface area (Å²) < 4.78 is 6.74. The highest BCUT2D eigenvalue weighted by atomic mass is 127. The molecule has 17 heavy (non-hydrogen) atoms. The Labute approximate surface area is 113 Å². The zero-order chi connectivity index (χ0) is 11.8. The van der Waals surface area contributed by atoms with E-state index in [2.05, 4.69) is 32.9 Å². The summed E-state index contributed by atoms with van der Waals surface area (Å²) in [5, 5.41) is 2.86. The minimum atomic E-state index is 0.00910. The molecule has 0 saturated carbocycles. The van der Waals surface area contributed by atoms with Gasteiger partial charge in [0.1, 0.15) is 5.82 Å². The Bertz CT molecular complexity index is 435. The maximum absolute atomic E-state index is 12.1. The number of fused-ring (bicyclic) bond motifs is 2. The minimum absolute atomic E-state index is 0.00910. The molecule has 2 fully saturated rings. The molecule has 0 spiro atoms. The van der Waals surface area contributed by atoms with Gasteiger partial charge in [-0.05, 0) is 54.0 Å². The van der Waals surface area contributed by atoms with Gasteiger partial charge >= 0.3 is 0 Å². The van der Waals surface area contributed by atoms with Crippen molar-refractivity contribution in [2.45, 2.75) is 31.5 Å². The molecule has 2 saturated heterocycles. The fraction of sp³-hybridized carbons (Fsp3) is 0.500. The summed E-state index contributed by atoms with van der Waals surface area (Å²) in [4.78, 5) is 16.2.